The van der Waals surface area contributed by atoms with Crippen LogP contribution in [0.5, 0.6) is 0 Å². The molecule has 20 heavy (non-hydrogen) atoms. The van der Waals surface area contributed by atoms with Gasteiger partial charge in [-0.25, -0.2) is 9.59 Å². The molecule has 1 aromatic rings. The molecule has 0 atom stereocenters. The third-order valence-electron chi connectivity index (χ3n) is 2.60. The zero-order chi connectivity index (χ0) is 15.5. The summed E-state index contributed by atoms with van der Waals surface area (Å²) >= 11 is 0. The predicted molar refractivity (Wildman–Crippen MR) is 72.1 cm³/mol. The van der Waals surface area contributed by atoms with Gasteiger partial charge in [-0.3, -0.25) is 4.79 Å². The first kappa shape index (κ1) is 15.9. The van der Waals surface area contributed by atoms with E-state index in [1.165, 1.54) is 7.11 Å². The molecule has 0 unspecified atom stereocenters. The van der Waals surface area contributed by atoms with Crippen LogP contribution in [0.2, 0.25) is 0 Å². The molecule has 1 N–H and O–H groups in total. The molecule has 1 aromatic heterocycles. The lowest BCUT2D eigenvalue weighted by atomic mass is 10.1. The number of hydrogen-bond donors (Lipinski definition) is 1. The highest BCUT2D eigenvalue weighted by molar-refractivity contribution is 6.03. The van der Waals surface area contributed by atoms with E-state index in [0.29, 0.717) is 18.3 Å². The molecule has 0 aliphatic rings. The van der Waals surface area contributed by atoms with Gasteiger partial charge in [-0.1, -0.05) is 6.92 Å². The molecule has 6 heteroatoms. The second-order valence-corrected chi connectivity index (χ2v) is 5.23. The van der Waals surface area contributed by atoms with Gasteiger partial charge in [0.15, 0.2) is 6.29 Å². The molecule has 0 saturated carbocycles. The van der Waals surface area contributed by atoms with E-state index in [9.17, 15) is 14.4 Å². The van der Waals surface area contributed by atoms with Crippen LogP contribution in [-0.4, -0.2) is 35.9 Å². The summed E-state index contributed by atoms with van der Waals surface area (Å²) in [4.78, 5) is 37.5. The van der Waals surface area contributed by atoms with Crippen LogP contribution in [0.1, 0.15) is 64.6 Å². The number of nitrogens with one attached hydrogen (secondary N) is 1. The largest absolute Gasteiger partial charge is 0.465 e. The predicted octanol–water partition coefficient (Wildman–Crippen LogP) is 2.13. The van der Waals surface area contributed by atoms with Gasteiger partial charge in [0, 0.05) is 0 Å². The number of rotatable bonds is 4. The average molecular weight is 281 g/mol. The van der Waals surface area contributed by atoms with Crippen LogP contribution in [0.25, 0.3) is 0 Å². The van der Waals surface area contributed by atoms with Crippen LogP contribution >= 0.6 is 0 Å². The Balaban J connectivity index is 3.35. The first-order chi connectivity index (χ1) is 9.25. The van der Waals surface area contributed by atoms with Gasteiger partial charge in [-0.05, 0) is 32.8 Å². The van der Waals surface area contributed by atoms with E-state index in [1.54, 1.807) is 27.7 Å². The van der Waals surface area contributed by atoms with E-state index >= 15 is 0 Å². The third kappa shape index (κ3) is 3.26. The molecule has 110 valence electrons. The van der Waals surface area contributed by atoms with Crippen LogP contribution in [0.3, 0.4) is 0 Å². The number of H-pyrrole nitrogens is 1. The fourth-order valence-electron chi connectivity index (χ4n) is 1.84. The summed E-state index contributed by atoms with van der Waals surface area (Å²) in [7, 11) is 1.22. The average Bonchev–Trinajstić information content (AvgIpc) is 2.74. The second-order valence-electron chi connectivity index (χ2n) is 5.23. The fourth-order valence-corrected chi connectivity index (χ4v) is 1.84. The minimum absolute atomic E-state index is 0.0227. The van der Waals surface area contributed by atoms with Crippen molar-refractivity contribution in [3.8, 4) is 0 Å². The van der Waals surface area contributed by atoms with Crippen molar-refractivity contribution in [2.24, 2.45) is 0 Å². The minimum atomic E-state index is -0.667. The van der Waals surface area contributed by atoms with Crippen molar-refractivity contribution in [2.75, 3.05) is 7.11 Å². The number of esters is 2. The Morgan fingerprint density at radius 2 is 1.85 bits per heavy atom. The number of aldehydes is 1. The quantitative estimate of drug-likeness (QED) is 0.675. The van der Waals surface area contributed by atoms with Crippen LogP contribution in [-0.2, 0) is 15.9 Å². The van der Waals surface area contributed by atoms with E-state index in [4.69, 9.17) is 4.74 Å². The Hall–Kier alpha value is -2.11. The van der Waals surface area contributed by atoms with Gasteiger partial charge in [0.05, 0.1) is 18.4 Å². The smallest absolute Gasteiger partial charge is 0.355 e. The number of ether oxygens (including phenoxy) is 2. The molecule has 1 rings (SSSR count). The van der Waals surface area contributed by atoms with Crippen molar-refractivity contribution in [1.29, 1.82) is 0 Å². The van der Waals surface area contributed by atoms with Crippen molar-refractivity contribution in [2.45, 2.75) is 39.7 Å². The monoisotopic (exact) mass is 281 g/mol. The summed E-state index contributed by atoms with van der Waals surface area (Å²) in [6.45, 7) is 6.99. The summed E-state index contributed by atoms with van der Waals surface area (Å²) in [5.41, 5.74) is -0.0153. The first-order valence-corrected chi connectivity index (χ1v) is 6.26. The zero-order valence-electron chi connectivity index (χ0n) is 12.3. The highest BCUT2D eigenvalue weighted by Gasteiger charge is 2.28. The molecule has 0 amide bonds. The van der Waals surface area contributed by atoms with E-state index in [2.05, 4.69) is 9.72 Å². The summed E-state index contributed by atoms with van der Waals surface area (Å²) in [6, 6.07) is 0. The normalized spacial score (nSPS) is 11.1. The molecule has 0 fully saturated rings. The maximum absolute atomic E-state index is 12.1. The number of carbonyl (C=O) groups excluding carboxylic acids is 3. The molecule has 0 radical (unpaired) electrons. The molecule has 0 aliphatic heterocycles. The van der Waals surface area contributed by atoms with Crippen LogP contribution in [0, 0.1) is 0 Å². The third-order valence-corrected chi connectivity index (χ3v) is 2.60. The van der Waals surface area contributed by atoms with Crippen LogP contribution in [0.15, 0.2) is 0 Å². The van der Waals surface area contributed by atoms with Crippen molar-refractivity contribution < 1.29 is 23.9 Å². The lowest BCUT2D eigenvalue weighted by Gasteiger charge is -2.19. The summed E-state index contributed by atoms with van der Waals surface area (Å²) in [5.74, 6) is -1.26. The maximum atomic E-state index is 12.1. The van der Waals surface area contributed by atoms with E-state index in [-0.39, 0.29) is 17.0 Å². The SMILES string of the molecule is CCc1c(C(=O)OC(C)(C)C)[nH]c(C=O)c1C(=O)OC. The second kappa shape index (κ2) is 5.90. The number of aromatic nitrogens is 1. The Kier molecular flexibility index (Phi) is 4.70. The summed E-state index contributed by atoms with van der Waals surface area (Å²) < 4.78 is 9.90. The Morgan fingerprint density at radius 1 is 1.25 bits per heavy atom. The van der Waals surface area contributed by atoms with E-state index in [0.717, 1.165) is 0 Å². The van der Waals surface area contributed by atoms with Crippen LogP contribution < -0.4 is 0 Å². The number of aromatic amines is 1. The highest BCUT2D eigenvalue weighted by Crippen LogP contribution is 2.22. The topological polar surface area (TPSA) is 85.5 Å². The molecule has 0 bridgehead atoms. The van der Waals surface area contributed by atoms with Crippen molar-refractivity contribution in [1.82, 2.24) is 4.98 Å². The van der Waals surface area contributed by atoms with E-state index < -0.39 is 17.5 Å². The number of methoxy groups -OCH3 is 1. The Morgan fingerprint density at radius 3 is 2.25 bits per heavy atom. The lowest BCUT2D eigenvalue weighted by Crippen LogP contribution is -2.24. The van der Waals surface area contributed by atoms with Gasteiger partial charge in [0.25, 0.3) is 0 Å². The number of carbonyl (C=O) groups is 3. The van der Waals surface area contributed by atoms with Gasteiger partial charge >= 0.3 is 11.9 Å². The van der Waals surface area contributed by atoms with Crippen LogP contribution in [0.4, 0.5) is 0 Å². The Labute approximate surface area is 117 Å². The van der Waals surface area contributed by atoms with Gasteiger partial charge in [-0.2, -0.15) is 0 Å². The molecule has 6 nitrogen and oxygen atoms in total. The highest BCUT2D eigenvalue weighted by atomic mass is 16.6. The van der Waals surface area contributed by atoms with Crippen molar-refractivity contribution in [3.63, 3.8) is 0 Å². The van der Waals surface area contributed by atoms with E-state index in [1.807, 2.05) is 0 Å². The standard InChI is InChI=1S/C14H19NO5/c1-6-8-10(12(17)19-5)9(7-16)15-11(8)13(18)20-14(2,3)4/h7,15H,6H2,1-5H3. The van der Waals surface area contributed by atoms with Gasteiger partial charge < -0.3 is 14.5 Å². The number of hydrogen-bond acceptors (Lipinski definition) is 5. The molecule has 1 heterocycles. The van der Waals surface area contributed by atoms with Gasteiger partial charge in [0.2, 0.25) is 0 Å². The van der Waals surface area contributed by atoms with Crippen molar-refractivity contribution in [3.05, 3.63) is 22.5 Å². The Bertz CT molecular complexity index is 536. The molecule has 0 spiro atoms. The summed E-state index contributed by atoms with van der Waals surface area (Å²) in [6.07, 6.45) is 0.878. The zero-order valence-corrected chi connectivity index (χ0v) is 12.3. The van der Waals surface area contributed by atoms with Gasteiger partial charge in [-0.15, -0.1) is 0 Å². The molecule has 0 aliphatic carbocycles. The molecule has 0 saturated heterocycles. The van der Waals surface area contributed by atoms with Gasteiger partial charge in [0.1, 0.15) is 11.3 Å². The molecular weight excluding hydrogens is 262 g/mol. The van der Waals surface area contributed by atoms with Crippen molar-refractivity contribution >= 4 is 18.2 Å². The maximum Gasteiger partial charge on any atom is 0.355 e. The fraction of sp³-hybridized carbons (Fsp3) is 0.500. The lowest BCUT2D eigenvalue weighted by molar-refractivity contribution is 0.00624. The molecule has 0 aromatic carbocycles. The first-order valence-electron chi connectivity index (χ1n) is 6.26. The summed E-state index contributed by atoms with van der Waals surface area (Å²) in [5, 5.41) is 0. The minimum Gasteiger partial charge on any atom is -0.465 e. The molecular formula is C14H19NO5.